The highest BCUT2D eigenvalue weighted by atomic mass is 19.1. The number of aliphatic imine (C=N–C) groups is 1. The van der Waals surface area contributed by atoms with Crippen LogP contribution in [0.4, 0.5) is 4.39 Å². The van der Waals surface area contributed by atoms with Gasteiger partial charge in [0.25, 0.3) is 0 Å². The maximum atomic E-state index is 13.5. The zero-order chi connectivity index (χ0) is 18.4. The molecule has 1 aromatic carbocycles. The van der Waals surface area contributed by atoms with E-state index >= 15 is 0 Å². The van der Waals surface area contributed by atoms with Gasteiger partial charge in [0.05, 0.1) is 0 Å². The molecule has 1 aromatic heterocycles. The maximum Gasteiger partial charge on any atom is 0.190 e. The SMILES string of the molecule is CCCN1CCC(CNC(=NC)NCCc2c[nH]c3ccc(F)cc23)C1. The summed E-state index contributed by atoms with van der Waals surface area (Å²) >= 11 is 0. The number of aromatic nitrogens is 1. The summed E-state index contributed by atoms with van der Waals surface area (Å²) in [5.41, 5.74) is 2.09. The Hall–Kier alpha value is -2.08. The van der Waals surface area contributed by atoms with Crippen LogP contribution in [-0.2, 0) is 6.42 Å². The Morgan fingerprint density at radius 3 is 3.08 bits per heavy atom. The van der Waals surface area contributed by atoms with E-state index in [9.17, 15) is 4.39 Å². The molecule has 0 radical (unpaired) electrons. The predicted molar refractivity (Wildman–Crippen MR) is 106 cm³/mol. The first-order valence-electron chi connectivity index (χ1n) is 9.62. The Kier molecular flexibility index (Phi) is 6.50. The fourth-order valence-electron chi connectivity index (χ4n) is 3.73. The molecule has 5 nitrogen and oxygen atoms in total. The number of hydrogen-bond acceptors (Lipinski definition) is 2. The minimum atomic E-state index is -0.197. The largest absolute Gasteiger partial charge is 0.361 e. The topological polar surface area (TPSA) is 55.4 Å². The molecule has 0 saturated carbocycles. The van der Waals surface area contributed by atoms with E-state index in [4.69, 9.17) is 0 Å². The van der Waals surface area contributed by atoms with Crippen molar-refractivity contribution in [1.29, 1.82) is 0 Å². The molecule has 0 spiro atoms. The first kappa shape index (κ1) is 18.7. The van der Waals surface area contributed by atoms with Crippen molar-refractivity contribution < 1.29 is 4.39 Å². The van der Waals surface area contributed by atoms with Crippen molar-refractivity contribution in [3.63, 3.8) is 0 Å². The van der Waals surface area contributed by atoms with Crippen molar-refractivity contribution >= 4 is 16.9 Å². The van der Waals surface area contributed by atoms with Gasteiger partial charge in [0.1, 0.15) is 5.82 Å². The third kappa shape index (κ3) is 4.75. The van der Waals surface area contributed by atoms with E-state index < -0.39 is 0 Å². The summed E-state index contributed by atoms with van der Waals surface area (Å²) in [4.78, 5) is 10.1. The van der Waals surface area contributed by atoms with E-state index in [-0.39, 0.29) is 5.82 Å². The Balaban J connectivity index is 1.43. The monoisotopic (exact) mass is 359 g/mol. The van der Waals surface area contributed by atoms with Crippen LogP contribution >= 0.6 is 0 Å². The highest BCUT2D eigenvalue weighted by molar-refractivity contribution is 5.83. The zero-order valence-corrected chi connectivity index (χ0v) is 15.8. The molecule has 3 N–H and O–H groups in total. The van der Waals surface area contributed by atoms with Crippen molar-refractivity contribution in [2.24, 2.45) is 10.9 Å². The minimum absolute atomic E-state index is 0.197. The molecule has 3 rings (SSSR count). The van der Waals surface area contributed by atoms with Gasteiger partial charge in [-0.1, -0.05) is 6.92 Å². The quantitative estimate of drug-likeness (QED) is 0.526. The molecule has 142 valence electrons. The normalized spacial score (nSPS) is 18.6. The van der Waals surface area contributed by atoms with Gasteiger partial charge in [-0.15, -0.1) is 0 Å². The third-order valence-corrected chi connectivity index (χ3v) is 5.11. The summed E-state index contributed by atoms with van der Waals surface area (Å²) < 4.78 is 13.5. The van der Waals surface area contributed by atoms with Gasteiger partial charge in [0, 0.05) is 43.8 Å². The second-order valence-electron chi connectivity index (χ2n) is 7.09. The highest BCUT2D eigenvalue weighted by Gasteiger charge is 2.21. The molecule has 1 aliphatic heterocycles. The molecule has 1 fully saturated rings. The average molecular weight is 359 g/mol. The molecule has 0 bridgehead atoms. The molecule has 0 aliphatic carbocycles. The Bertz CT molecular complexity index is 739. The fourth-order valence-corrected chi connectivity index (χ4v) is 3.73. The number of hydrogen-bond donors (Lipinski definition) is 3. The first-order chi connectivity index (χ1) is 12.7. The molecular weight excluding hydrogens is 329 g/mol. The minimum Gasteiger partial charge on any atom is -0.361 e. The van der Waals surface area contributed by atoms with Gasteiger partial charge in [-0.05, 0) is 62.0 Å². The molecule has 0 amide bonds. The van der Waals surface area contributed by atoms with E-state index in [1.54, 1.807) is 19.2 Å². The fraction of sp³-hybridized carbons (Fsp3) is 0.550. The lowest BCUT2D eigenvalue weighted by atomic mass is 10.1. The number of likely N-dealkylation sites (tertiary alicyclic amines) is 1. The van der Waals surface area contributed by atoms with E-state index in [2.05, 4.69) is 32.4 Å². The highest BCUT2D eigenvalue weighted by Crippen LogP contribution is 2.19. The van der Waals surface area contributed by atoms with Gasteiger partial charge in [-0.25, -0.2) is 4.39 Å². The first-order valence-corrected chi connectivity index (χ1v) is 9.62. The number of H-pyrrole nitrogens is 1. The van der Waals surface area contributed by atoms with Crippen LogP contribution in [0.25, 0.3) is 10.9 Å². The lowest BCUT2D eigenvalue weighted by molar-refractivity contribution is 0.324. The molecule has 1 unspecified atom stereocenters. The van der Waals surface area contributed by atoms with E-state index in [1.807, 2.05) is 6.20 Å². The van der Waals surface area contributed by atoms with Crippen LogP contribution < -0.4 is 10.6 Å². The summed E-state index contributed by atoms with van der Waals surface area (Å²) in [5.74, 6) is 1.33. The number of aromatic amines is 1. The second kappa shape index (κ2) is 9.03. The van der Waals surface area contributed by atoms with Crippen molar-refractivity contribution in [1.82, 2.24) is 20.5 Å². The van der Waals surface area contributed by atoms with Crippen molar-refractivity contribution in [2.75, 3.05) is 39.8 Å². The summed E-state index contributed by atoms with van der Waals surface area (Å²) in [6.45, 7) is 7.55. The molecular formula is C20H30FN5. The van der Waals surface area contributed by atoms with Gasteiger partial charge in [0.2, 0.25) is 0 Å². The lowest BCUT2D eigenvalue weighted by Crippen LogP contribution is -2.41. The number of nitrogens with one attached hydrogen (secondary N) is 3. The summed E-state index contributed by atoms with van der Waals surface area (Å²) in [7, 11) is 1.80. The van der Waals surface area contributed by atoms with Crippen LogP contribution in [0.2, 0.25) is 0 Å². The summed E-state index contributed by atoms with van der Waals surface area (Å²) in [6.07, 6.45) is 5.26. The second-order valence-corrected chi connectivity index (χ2v) is 7.09. The lowest BCUT2D eigenvalue weighted by Gasteiger charge is -2.17. The van der Waals surface area contributed by atoms with Crippen LogP contribution in [0.5, 0.6) is 0 Å². The third-order valence-electron chi connectivity index (χ3n) is 5.11. The molecule has 2 heterocycles. The molecule has 1 atom stereocenters. The Morgan fingerprint density at radius 2 is 2.27 bits per heavy atom. The molecule has 1 saturated heterocycles. The van der Waals surface area contributed by atoms with E-state index in [1.165, 1.54) is 38.5 Å². The van der Waals surface area contributed by atoms with Gasteiger partial charge in [-0.2, -0.15) is 0 Å². The van der Waals surface area contributed by atoms with Gasteiger partial charge < -0.3 is 20.5 Å². The van der Waals surface area contributed by atoms with E-state index in [0.717, 1.165) is 41.9 Å². The predicted octanol–water partition coefficient (Wildman–Crippen LogP) is 2.75. The van der Waals surface area contributed by atoms with E-state index in [0.29, 0.717) is 5.92 Å². The summed E-state index contributed by atoms with van der Waals surface area (Å²) in [5, 5.41) is 7.77. The number of guanidine groups is 1. The average Bonchev–Trinajstić information content (AvgIpc) is 3.25. The maximum absolute atomic E-state index is 13.5. The van der Waals surface area contributed by atoms with Gasteiger partial charge >= 0.3 is 0 Å². The Labute approximate surface area is 155 Å². The molecule has 26 heavy (non-hydrogen) atoms. The van der Waals surface area contributed by atoms with Crippen LogP contribution in [0.1, 0.15) is 25.3 Å². The van der Waals surface area contributed by atoms with Crippen LogP contribution in [0.3, 0.4) is 0 Å². The van der Waals surface area contributed by atoms with Crippen LogP contribution in [0.15, 0.2) is 29.4 Å². The smallest absolute Gasteiger partial charge is 0.190 e. The van der Waals surface area contributed by atoms with Gasteiger partial charge in [-0.3, -0.25) is 4.99 Å². The number of fused-ring (bicyclic) bond motifs is 1. The van der Waals surface area contributed by atoms with Gasteiger partial charge in [0.15, 0.2) is 5.96 Å². The van der Waals surface area contributed by atoms with Crippen LogP contribution in [-0.4, -0.2) is 55.6 Å². The number of nitrogens with zero attached hydrogens (tertiary/aromatic N) is 2. The number of benzene rings is 1. The number of halogens is 1. The standard InChI is InChI=1S/C20H30FN5/c1-3-9-26-10-7-15(14-26)12-25-20(22-2)23-8-6-16-13-24-19-5-4-17(21)11-18(16)19/h4-5,11,13,15,24H,3,6-10,12,14H2,1-2H3,(H2,22,23,25). The Morgan fingerprint density at radius 1 is 1.38 bits per heavy atom. The van der Waals surface area contributed by atoms with Crippen LogP contribution in [0, 0.1) is 11.7 Å². The van der Waals surface area contributed by atoms with Crippen molar-refractivity contribution in [3.8, 4) is 0 Å². The molecule has 2 aromatic rings. The summed E-state index contributed by atoms with van der Waals surface area (Å²) in [6, 6.07) is 4.86. The molecule has 6 heteroatoms. The van der Waals surface area contributed by atoms with Crippen molar-refractivity contribution in [3.05, 3.63) is 35.8 Å². The van der Waals surface area contributed by atoms with Crippen molar-refractivity contribution in [2.45, 2.75) is 26.2 Å². The zero-order valence-electron chi connectivity index (χ0n) is 15.8. The molecule has 1 aliphatic rings. The number of rotatable bonds is 7.